The molecule has 0 bridgehead atoms. The molecule has 1 rings (SSSR count). The maximum Gasteiger partial charge on any atom is 0.224 e. The molecule has 0 fully saturated rings. The molecule has 1 amide bonds. The van der Waals surface area contributed by atoms with Crippen LogP contribution in [0.25, 0.3) is 0 Å². The zero-order valence-corrected chi connectivity index (χ0v) is 12.9. The van der Waals surface area contributed by atoms with Crippen molar-refractivity contribution in [2.24, 2.45) is 5.92 Å². The molecule has 0 aliphatic heterocycles. The molecule has 0 radical (unpaired) electrons. The van der Waals surface area contributed by atoms with Crippen molar-refractivity contribution in [2.45, 2.75) is 53.0 Å². The van der Waals surface area contributed by atoms with Crippen molar-refractivity contribution in [3.63, 3.8) is 0 Å². The van der Waals surface area contributed by atoms with Crippen LogP contribution in [-0.4, -0.2) is 17.7 Å². The van der Waals surface area contributed by atoms with Gasteiger partial charge in [0.25, 0.3) is 0 Å². The van der Waals surface area contributed by atoms with Gasteiger partial charge in [0.2, 0.25) is 5.91 Å². The number of carbonyl (C=O) groups is 2. The van der Waals surface area contributed by atoms with E-state index in [9.17, 15) is 9.59 Å². The van der Waals surface area contributed by atoms with E-state index in [0.717, 1.165) is 18.4 Å². The molecule has 1 unspecified atom stereocenters. The maximum absolute atomic E-state index is 11.9. The minimum Gasteiger partial charge on any atom is -0.353 e. The molecule has 0 spiro atoms. The summed E-state index contributed by atoms with van der Waals surface area (Å²) < 4.78 is 0. The molecule has 1 N–H and O–H groups in total. The van der Waals surface area contributed by atoms with E-state index in [1.165, 1.54) is 6.92 Å². The quantitative estimate of drug-likeness (QED) is 0.775. The van der Waals surface area contributed by atoms with Gasteiger partial charge in [-0.1, -0.05) is 38.1 Å². The molecule has 20 heavy (non-hydrogen) atoms. The second-order valence-electron chi connectivity index (χ2n) is 5.87. The number of amides is 1. The average Bonchev–Trinajstić information content (AvgIpc) is 2.36. The van der Waals surface area contributed by atoms with Gasteiger partial charge in [0, 0.05) is 11.6 Å². The van der Waals surface area contributed by atoms with Crippen LogP contribution < -0.4 is 5.32 Å². The Balaban J connectivity index is 2.43. The molecule has 110 valence electrons. The number of nitrogens with one attached hydrogen (secondary N) is 1. The molecular weight excluding hydrogens is 250 g/mol. The number of hydrogen-bond acceptors (Lipinski definition) is 2. The lowest BCUT2D eigenvalue weighted by molar-refractivity contribution is -0.121. The number of ketones is 1. The molecule has 0 aliphatic carbocycles. The van der Waals surface area contributed by atoms with Crippen LogP contribution in [0.15, 0.2) is 24.3 Å². The summed E-state index contributed by atoms with van der Waals surface area (Å²) in [5.41, 5.74) is 1.61. The van der Waals surface area contributed by atoms with E-state index in [2.05, 4.69) is 19.2 Å². The molecule has 1 atom stereocenters. The van der Waals surface area contributed by atoms with Crippen LogP contribution in [0.2, 0.25) is 0 Å². The fourth-order valence-corrected chi connectivity index (χ4v) is 2.02. The zero-order valence-electron chi connectivity index (χ0n) is 12.9. The second kappa shape index (κ2) is 7.83. The van der Waals surface area contributed by atoms with Crippen molar-refractivity contribution in [3.05, 3.63) is 35.4 Å². The lowest BCUT2D eigenvalue weighted by atomic mass is 10.0. The fourth-order valence-electron chi connectivity index (χ4n) is 2.02. The third kappa shape index (κ3) is 6.00. The van der Waals surface area contributed by atoms with Gasteiger partial charge in [-0.25, -0.2) is 0 Å². The largest absolute Gasteiger partial charge is 0.353 e. The molecule has 1 aromatic carbocycles. The Morgan fingerprint density at radius 2 is 1.65 bits per heavy atom. The van der Waals surface area contributed by atoms with Crippen LogP contribution in [0.3, 0.4) is 0 Å². The van der Waals surface area contributed by atoms with Gasteiger partial charge in [0.1, 0.15) is 0 Å². The zero-order chi connectivity index (χ0) is 15.1. The monoisotopic (exact) mass is 275 g/mol. The lowest BCUT2D eigenvalue weighted by Gasteiger charge is -2.15. The Morgan fingerprint density at radius 3 is 2.15 bits per heavy atom. The van der Waals surface area contributed by atoms with Gasteiger partial charge in [-0.15, -0.1) is 0 Å². The van der Waals surface area contributed by atoms with E-state index in [4.69, 9.17) is 0 Å². The van der Waals surface area contributed by atoms with Gasteiger partial charge in [-0.3, -0.25) is 9.59 Å². The van der Waals surface area contributed by atoms with Gasteiger partial charge in [-0.2, -0.15) is 0 Å². The number of rotatable bonds is 7. The number of carbonyl (C=O) groups excluding carboxylic acids is 2. The van der Waals surface area contributed by atoms with Crippen molar-refractivity contribution in [3.8, 4) is 0 Å². The molecule has 0 aromatic heterocycles. The normalized spacial score (nSPS) is 12.2. The van der Waals surface area contributed by atoms with Crippen molar-refractivity contribution in [1.29, 1.82) is 0 Å². The first-order valence-electron chi connectivity index (χ1n) is 7.27. The molecule has 0 saturated heterocycles. The summed E-state index contributed by atoms with van der Waals surface area (Å²) in [6.07, 6.45) is 2.49. The van der Waals surface area contributed by atoms with E-state index < -0.39 is 0 Å². The van der Waals surface area contributed by atoms with Crippen molar-refractivity contribution >= 4 is 11.7 Å². The highest BCUT2D eigenvalue weighted by atomic mass is 16.1. The van der Waals surface area contributed by atoms with Gasteiger partial charge >= 0.3 is 0 Å². The predicted octanol–water partition coefficient (Wildman–Crippen LogP) is 3.37. The molecule has 3 heteroatoms. The first kappa shape index (κ1) is 16.4. The maximum atomic E-state index is 11.9. The standard InChI is InChI=1S/C17H25NO2/c1-12(2)5-6-13(3)18-17(20)11-15-7-9-16(10-8-15)14(4)19/h7-10,12-13H,5-6,11H2,1-4H3,(H,18,20). The van der Waals surface area contributed by atoms with Crippen molar-refractivity contribution in [2.75, 3.05) is 0 Å². The first-order valence-corrected chi connectivity index (χ1v) is 7.27. The van der Waals surface area contributed by atoms with Crippen LogP contribution >= 0.6 is 0 Å². The Labute approximate surface area is 121 Å². The Morgan fingerprint density at radius 1 is 1.05 bits per heavy atom. The second-order valence-corrected chi connectivity index (χ2v) is 5.87. The van der Waals surface area contributed by atoms with Crippen LogP contribution in [0.1, 0.15) is 56.5 Å². The van der Waals surface area contributed by atoms with Crippen LogP contribution in [0.4, 0.5) is 0 Å². The van der Waals surface area contributed by atoms with Gasteiger partial charge < -0.3 is 5.32 Å². The van der Waals surface area contributed by atoms with Gasteiger partial charge in [-0.05, 0) is 38.2 Å². The van der Waals surface area contributed by atoms with Crippen LogP contribution in [0.5, 0.6) is 0 Å². The van der Waals surface area contributed by atoms with E-state index in [0.29, 0.717) is 17.9 Å². The lowest BCUT2D eigenvalue weighted by Crippen LogP contribution is -2.33. The average molecular weight is 275 g/mol. The summed E-state index contributed by atoms with van der Waals surface area (Å²) >= 11 is 0. The molecule has 1 aromatic rings. The highest BCUT2D eigenvalue weighted by Gasteiger charge is 2.09. The molecular formula is C17H25NO2. The Bertz CT molecular complexity index is 449. The summed E-state index contributed by atoms with van der Waals surface area (Å²) in [4.78, 5) is 23.1. The van der Waals surface area contributed by atoms with Crippen LogP contribution in [-0.2, 0) is 11.2 Å². The molecule has 0 saturated carbocycles. The van der Waals surface area contributed by atoms with Gasteiger partial charge in [0.05, 0.1) is 6.42 Å². The Hall–Kier alpha value is -1.64. The molecule has 3 nitrogen and oxygen atoms in total. The highest BCUT2D eigenvalue weighted by molar-refractivity contribution is 5.94. The minimum absolute atomic E-state index is 0.0387. The van der Waals surface area contributed by atoms with E-state index >= 15 is 0 Å². The van der Waals surface area contributed by atoms with Crippen LogP contribution in [0, 0.1) is 5.92 Å². The van der Waals surface area contributed by atoms with E-state index in [1.807, 2.05) is 19.1 Å². The summed E-state index contributed by atoms with van der Waals surface area (Å²) in [6.45, 7) is 7.95. The summed E-state index contributed by atoms with van der Waals surface area (Å²) in [5.74, 6) is 0.744. The first-order chi connectivity index (χ1) is 9.38. The third-order valence-electron chi connectivity index (χ3n) is 3.31. The smallest absolute Gasteiger partial charge is 0.224 e. The predicted molar refractivity (Wildman–Crippen MR) is 81.8 cm³/mol. The molecule has 0 heterocycles. The summed E-state index contributed by atoms with van der Waals surface area (Å²) in [5, 5.41) is 3.02. The SMILES string of the molecule is CC(=O)c1ccc(CC(=O)NC(C)CCC(C)C)cc1. The number of benzene rings is 1. The van der Waals surface area contributed by atoms with Crippen molar-refractivity contribution < 1.29 is 9.59 Å². The van der Waals surface area contributed by atoms with Gasteiger partial charge in [0.15, 0.2) is 5.78 Å². The van der Waals surface area contributed by atoms with E-state index in [1.54, 1.807) is 12.1 Å². The topological polar surface area (TPSA) is 46.2 Å². The molecule has 0 aliphatic rings. The highest BCUT2D eigenvalue weighted by Crippen LogP contribution is 2.08. The third-order valence-corrected chi connectivity index (χ3v) is 3.31. The minimum atomic E-state index is 0.0387. The van der Waals surface area contributed by atoms with E-state index in [-0.39, 0.29) is 17.7 Å². The summed E-state index contributed by atoms with van der Waals surface area (Å²) in [7, 11) is 0. The number of hydrogen-bond donors (Lipinski definition) is 1. The Kier molecular flexibility index (Phi) is 6.43. The fraction of sp³-hybridized carbons (Fsp3) is 0.529. The van der Waals surface area contributed by atoms with Crippen molar-refractivity contribution in [1.82, 2.24) is 5.32 Å². The summed E-state index contributed by atoms with van der Waals surface area (Å²) in [6, 6.07) is 7.44. The number of Topliss-reactive ketones (excluding diaryl/α,β-unsaturated/α-hetero) is 1.